The summed E-state index contributed by atoms with van der Waals surface area (Å²) in [5, 5.41) is 17.7. The number of carboxylic acid groups (broad SMARTS) is 1. The Labute approximate surface area is 117 Å². The van der Waals surface area contributed by atoms with E-state index in [1.165, 1.54) is 31.0 Å². The van der Waals surface area contributed by atoms with Crippen LogP contribution < -0.4 is 4.90 Å². The van der Waals surface area contributed by atoms with Crippen molar-refractivity contribution >= 4 is 23.7 Å². The van der Waals surface area contributed by atoms with Gasteiger partial charge in [0.1, 0.15) is 0 Å². The van der Waals surface area contributed by atoms with Gasteiger partial charge in [-0.25, -0.2) is 0 Å². The third-order valence-corrected chi connectivity index (χ3v) is 4.50. The van der Waals surface area contributed by atoms with E-state index in [0.717, 1.165) is 18.9 Å². The third kappa shape index (κ3) is 3.20. The monoisotopic (exact) mass is 284 g/mol. The summed E-state index contributed by atoms with van der Waals surface area (Å²) in [5.41, 5.74) is 0. The van der Waals surface area contributed by atoms with Crippen LogP contribution in [0.25, 0.3) is 0 Å². The summed E-state index contributed by atoms with van der Waals surface area (Å²) in [4.78, 5) is 12.9. The molecule has 0 spiro atoms. The standard InChI is InChI=1S/C12H20N4O2S/c1-3-9-6-4-5-7-16(9)11-13-14-12(15(11)2)19-8-10(17)18/h9H,3-8H2,1-2H3,(H,17,18). The molecule has 1 N–H and O–H groups in total. The Morgan fingerprint density at radius 2 is 2.26 bits per heavy atom. The zero-order valence-electron chi connectivity index (χ0n) is 11.4. The lowest BCUT2D eigenvalue weighted by Gasteiger charge is -2.35. The largest absolute Gasteiger partial charge is 0.481 e. The number of anilines is 1. The van der Waals surface area contributed by atoms with Crippen molar-refractivity contribution < 1.29 is 9.90 Å². The number of thioether (sulfide) groups is 1. The Bertz CT molecular complexity index is 449. The van der Waals surface area contributed by atoms with Crippen LogP contribution in [0.5, 0.6) is 0 Å². The Morgan fingerprint density at radius 1 is 1.47 bits per heavy atom. The molecule has 1 fully saturated rings. The highest BCUT2D eigenvalue weighted by atomic mass is 32.2. The van der Waals surface area contributed by atoms with Crippen molar-refractivity contribution in [2.24, 2.45) is 7.05 Å². The highest BCUT2D eigenvalue weighted by Crippen LogP contribution is 2.27. The van der Waals surface area contributed by atoms with Crippen LogP contribution in [0.15, 0.2) is 5.16 Å². The van der Waals surface area contributed by atoms with Gasteiger partial charge in [0.15, 0.2) is 5.16 Å². The first-order chi connectivity index (χ1) is 9.13. The van der Waals surface area contributed by atoms with Crippen LogP contribution >= 0.6 is 11.8 Å². The minimum atomic E-state index is -0.834. The Kier molecular flexibility index (Phi) is 4.68. The molecule has 0 radical (unpaired) electrons. The van der Waals surface area contributed by atoms with Gasteiger partial charge in [0.25, 0.3) is 0 Å². The molecule has 1 aromatic heterocycles. The van der Waals surface area contributed by atoms with E-state index < -0.39 is 5.97 Å². The minimum Gasteiger partial charge on any atom is -0.481 e. The van der Waals surface area contributed by atoms with E-state index in [4.69, 9.17) is 5.11 Å². The maximum Gasteiger partial charge on any atom is 0.313 e. The van der Waals surface area contributed by atoms with Gasteiger partial charge in [-0.15, -0.1) is 10.2 Å². The molecule has 1 unspecified atom stereocenters. The average Bonchev–Trinajstić information content (AvgIpc) is 2.77. The van der Waals surface area contributed by atoms with Gasteiger partial charge in [-0.2, -0.15) is 0 Å². The van der Waals surface area contributed by atoms with E-state index in [1.54, 1.807) is 0 Å². The molecular weight excluding hydrogens is 264 g/mol. The van der Waals surface area contributed by atoms with Crippen LogP contribution in [0.1, 0.15) is 32.6 Å². The summed E-state index contributed by atoms with van der Waals surface area (Å²) in [5.74, 6) is 0.0433. The first-order valence-corrected chi connectivity index (χ1v) is 7.62. The molecule has 1 aliphatic rings. The van der Waals surface area contributed by atoms with E-state index in [0.29, 0.717) is 11.2 Å². The number of rotatable bonds is 5. The van der Waals surface area contributed by atoms with Crippen LogP contribution in [0.4, 0.5) is 5.95 Å². The first kappa shape index (κ1) is 14.2. The number of hydrogen-bond acceptors (Lipinski definition) is 5. The molecule has 0 aliphatic carbocycles. The van der Waals surface area contributed by atoms with Crippen LogP contribution in [-0.2, 0) is 11.8 Å². The summed E-state index contributed by atoms with van der Waals surface area (Å²) in [7, 11) is 1.90. The van der Waals surface area contributed by atoms with Gasteiger partial charge < -0.3 is 10.0 Å². The molecule has 2 heterocycles. The fourth-order valence-corrected chi connectivity index (χ4v) is 3.12. The van der Waals surface area contributed by atoms with Gasteiger partial charge >= 0.3 is 5.97 Å². The normalized spacial score (nSPS) is 19.7. The van der Waals surface area contributed by atoms with Crippen LogP contribution in [-0.4, -0.2) is 44.2 Å². The molecule has 1 saturated heterocycles. The highest BCUT2D eigenvalue weighted by molar-refractivity contribution is 7.99. The molecule has 0 aromatic carbocycles. The van der Waals surface area contributed by atoms with Crippen LogP contribution in [0.3, 0.4) is 0 Å². The third-order valence-electron chi connectivity index (χ3n) is 3.49. The zero-order chi connectivity index (χ0) is 13.8. The van der Waals surface area contributed by atoms with Crippen LogP contribution in [0.2, 0.25) is 0 Å². The maximum atomic E-state index is 10.6. The lowest BCUT2D eigenvalue weighted by molar-refractivity contribution is -0.133. The summed E-state index contributed by atoms with van der Waals surface area (Å²) >= 11 is 1.21. The maximum absolute atomic E-state index is 10.6. The Balaban J connectivity index is 2.13. The number of carboxylic acids is 1. The molecule has 2 rings (SSSR count). The molecule has 1 aliphatic heterocycles. The fourth-order valence-electron chi connectivity index (χ4n) is 2.50. The Morgan fingerprint density at radius 3 is 2.95 bits per heavy atom. The zero-order valence-corrected chi connectivity index (χ0v) is 12.2. The molecule has 106 valence electrons. The van der Waals surface area contributed by atoms with Crippen molar-refractivity contribution in [2.45, 2.75) is 43.8 Å². The second kappa shape index (κ2) is 6.27. The summed E-state index contributed by atoms with van der Waals surface area (Å²) in [6.45, 7) is 3.20. The van der Waals surface area contributed by atoms with Crippen molar-refractivity contribution in [1.82, 2.24) is 14.8 Å². The molecular formula is C12H20N4O2S. The summed E-state index contributed by atoms with van der Waals surface area (Å²) in [6, 6.07) is 0.522. The van der Waals surface area contributed by atoms with Gasteiger partial charge in [-0.1, -0.05) is 18.7 Å². The molecule has 0 saturated carbocycles. The number of nitrogens with zero attached hydrogens (tertiary/aromatic N) is 4. The minimum absolute atomic E-state index is 0.0170. The molecule has 1 atom stereocenters. The molecule has 19 heavy (non-hydrogen) atoms. The van der Waals surface area contributed by atoms with Gasteiger partial charge in [0.05, 0.1) is 5.75 Å². The number of carbonyl (C=O) groups is 1. The quantitative estimate of drug-likeness (QED) is 0.831. The molecule has 0 bridgehead atoms. The predicted molar refractivity (Wildman–Crippen MR) is 74.6 cm³/mol. The van der Waals surface area contributed by atoms with Gasteiger partial charge in [-0.3, -0.25) is 9.36 Å². The fraction of sp³-hybridized carbons (Fsp3) is 0.750. The van der Waals surface area contributed by atoms with Crippen molar-refractivity contribution in [1.29, 1.82) is 0 Å². The average molecular weight is 284 g/mol. The lowest BCUT2D eigenvalue weighted by Crippen LogP contribution is -2.40. The SMILES string of the molecule is CCC1CCCCN1c1nnc(SCC(=O)O)n1C. The van der Waals surface area contributed by atoms with Gasteiger partial charge in [0, 0.05) is 19.6 Å². The molecule has 0 amide bonds. The van der Waals surface area contributed by atoms with E-state index in [1.807, 2.05) is 11.6 Å². The van der Waals surface area contributed by atoms with Crippen LogP contribution in [0, 0.1) is 0 Å². The lowest BCUT2D eigenvalue weighted by atomic mass is 10.0. The smallest absolute Gasteiger partial charge is 0.313 e. The van der Waals surface area contributed by atoms with E-state index in [9.17, 15) is 4.79 Å². The first-order valence-electron chi connectivity index (χ1n) is 6.64. The van der Waals surface area contributed by atoms with Gasteiger partial charge in [0.2, 0.25) is 5.95 Å². The second-order valence-corrected chi connectivity index (χ2v) is 5.72. The second-order valence-electron chi connectivity index (χ2n) is 4.78. The van der Waals surface area contributed by atoms with E-state index in [-0.39, 0.29) is 5.75 Å². The predicted octanol–water partition coefficient (Wildman–Crippen LogP) is 1.76. The number of piperidine rings is 1. The topological polar surface area (TPSA) is 71.2 Å². The number of aromatic nitrogens is 3. The highest BCUT2D eigenvalue weighted by Gasteiger charge is 2.25. The van der Waals surface area contributed by atoms with Crippen molar-refractivity contribution in [3.8, 4) is 0 Å². The molecule has 6 nitrogen and oxygen atoms in total. The van der Waals surface area contributed by atoms with E-state index in [2.05, 4.69) is 22.0 Å². The van der Waals surface area contributed by atoms with Crippen molar-refractivity contribution in [3.05, 3.63) is 0 Å². The van der Waals surface area contributed by atoms with Gasteiger partial charge in [-0.05, 0) is 25.7 Å². The molecule has 1 aromatic rings. The molecule has 7 heteroatoms. The Hall–Kier alpha value is -1.24. The number of hydrogen-bond donors (Lipinski definition) is 1. The number of aliphatic carboxylic acids is 1. The van der Waals surface area contributed by atoms with Crippen molar-refractivity contribution in [3.63, 3.8) is 0 Å². The van der Waals surface area contributed by atoms with Crippen molar-refractivity contribution in [2.75, 3.05) is 17.2 Å². The van der Waals surface area contributed by atoms with E-state index >= 15 is 0 Å². The summed E-state index contributed by atoms with van der Waals surface area (Å²) in [6.07, 6.45) is 4.75. The summed E-state index contributed by atoms with van der Waals surface area (Å²) < 4.78 is 1.90.